The van der Waals surface area contributed by atoms with Gasteiger partial charge in [0.05, 0.1) is 18.6 Å². The van der Waals surface area contributed by atoms with Crippen LogP contribution in [-0.4, -0.2) is 49.2 Å². The summed E-state index contributed by atoms with van der Waals surface area (Å²) in [6, 6.07) is 5.69. The number of benzene rings is 1. The molecule has 10 heteroatoms. The van der Waals surface area contributed by atoms with Crippen LogP contribution in [0, 0.1) is 11.6 Å². The van der Waals surface area contributed by atoms with Crippen molar-refractivity contribution < 1.29 is 26.7 Å². The Hall–Kier alpha value is -2.33. The molecule has 7 nitrogen and oxygen atoms in total. The normalized spacial score (nSPS) is 18.5. The minimum absolute atomic E-state index is 0.0784. The van der Waals surface area contributed by atoms with Gasteiger partial charge in [-0.2, -0.15) is 4.31 Å². The molecule has 0 bridgehead atoms. The van der Waals surface area contributed by atoms with E-state index in [1.807, 2.05) is 0 Å². The summed E-state index contributed by atoms with van der Waals surface area (Å²) < 4.78 is 63.6. The summed E-state index contributed by atoms with van der Waals surface area (Å²) in [5.41, 5.74) is 0. The van der Waals surface area contributed by atoms with Crippen LogP contribution in [0.1, 0.15) is 12.8 Å². The molecule has 0 saturated carbocycles. The van der Waals surface area contributed by atoms with E-state index >= 15 is 0 Å². The summed E-state index contributed by atoms with van der Waals surface area (Å²) in [4.78, 5) is -0.290. The highest BCUT2D eigenvalue weighted by Crippen LogP contribution is 2.24. The molecule has 1 saturated heterocycles. The van der Waals surface area contributed by atoms with Gasteiger partial charge in [0.15, 0.2) is 11.6 Å². The van der Waals surface area contributed by atoms with Crippen LogP contribution in [0.25, 0.3) is 0 Å². The molecule has 1 aliphatic rings. The Morgan fingerprint density at radius 2 is 1.85 bits per heavy atom. The lowest BCUT2D eigenvalue weighted by Gasteiger charge is -2.31. The molecule has 26 heavy (non-hydrogen) atoms. The van der Waals surface area contributed by atoms with Crippen molar-refractivity contribution in [3.05, 3.63) is 42.0 Å². The third kappa shape index (κ3) is 3.91. The van der Waals surface area contributed by atoms with Crippen LogP contribution in [-0.2, 0) is 10.0 Å². The molecular formula is C16H17F2N3O4S. The lowest BCUT2D eigenvalue weighted by atomic mass is 10.1. The first-order valence-electron chi connectivity index (χ1n) is 7.90. The van der Waals surface area contributed by atoms with Crippen LogP contribution in [0.15, 0.2) is 35.2 Å². The molecule has 2 heterocycles. The van der Waals surface area contributed by atoms with E-state index in [1.165, 1.54) is 11.4 Å². The molecule has 0 aliphatic carbocycles. The van der Waals surface area contributed by atoms with Crippen LogP contribution < -0.4 is 9.47 Å². The Balaban J connectivity index is 1.73. The van der Waals surface area contributed by atoms with Gasteiger partial charge in [-0.05, 0) is 31.0 Å². The highest BCUT2D eigenvalue weighted by Gasteiger charge is 2.32. The molecule has 0 amide bonds. The number of hydrogen-bond acceptors (Lipinski definition) is 6. The molecule has 1 unspecified atom stereocenters. The lowest BCUT2D eigenvalue weighted by molar-refractivity contribution is 0.123. The fraction of sp³-hybridized carbons (Fsp3) is 0.375. The van der Waals surface area contributed by atoms with E-state index in [0.717, 1.165) is 12.1 Å². The Morgan fingerprint density at radius 3 is 2.50 bits per heavy atom. The summed E-state index contributed by atoms with van der Waals surface area (Å²) in [5.74, 6) is -1.71. The van der Waals surface area contributed by atoms with Gasteiger partial charge in [-0.25, -0.2) is 17.2 Å². The SMILES string of the molecule is COc1ccc(OC2CCCN(S(=O)(=O)c3ccc(F)c(F)c3)C2)nn1. The molecule has 1 aromatic heterocycles. The van der Waals surface area contributed by atoms with Crippen LogP contribution in [0.2, 0.25) is 0 Å². The van der Waals surface area contributed by atoms with Crippen LogP contribution in [0.5, 0.6) is 11.8 Å². The minimum atomic E-state index is -3.95. The Labute approximate surface area is 149 Å². The van der Waals surface area contributed by atoms with Crippen LogP contribution in [0.4, 0.5) is 8.78 Å². The van der Waals surface area contributed by atoms with Gasteiger partial charge in [0.25, 0.3) is 0 Å². The molecular weight excluding hydrogens is 368 g/mol. The van der Waals surface area contributed by atoms with Gasteiger partial charge < -0.3 is 9.47 Å². The second kappa shape index (κ2) is 7.50. The van der Waals surface area contributed by atoms with Crippen molar-refractivity contribution in [2.24, 2.45) is 0 Å². The highest BCUT2D eigenvalue weighted by atomic mass is 32.2. The smallest absolute Gasteiger partial charge is 0.243 e. The third-order valence-corrected chi connectivity index (χ3v) is 5.84. The number of hydrogen-bond donors (Lipinski definition) is 0. The maximum atomic E-state index is 13.4. The summed E-state index contributed by atoms with van der Waals surface area (Å²) in [6.07, 6.45) is 0.779. The van der Waals surface area contributed by atoms with Crippen molar-refractivity contribution in [3.63, 3.8) is 0 Å². The standard InChI is InChI=1S/C16H17F2N3O4S/c1-24-15-6-7-16(20-19-15)25-11-3-2-8-21(10-11)26(22,23)12-4-5-13(17)14(18)9-12/h4-7,9,11H,2-3,8,10H2,1H3. The molecule has 140 valence electrons. The Kier molecular flexibility index (Phi) is 5.33. The number of piperidine rings is 1. The van der Waals surface area contributed by atoms with E-state index in [2.05, 4.69) is 10.2 Å². The van der Waals surface area contributed by atoms with Crippen molar-refractivity contribution in [2.75, 3.05) is 20.2 Å². The largest absolute Gasteiger partial charge is 0.480 e. The van der Waals surface area contributed by atoms with Gasteiger partial charge in [0, 0.05) is 18.7 Å². The first kappa shape index (κ1) is 18.5. The van der Waals surface area contributed by atoms with Gasteiger partial charge in [-0.3, -0.25) is 0 Å². The molecule has 0 radical (unpaired) electrons. The van der Waals surface area contributed by atoms with Crippen molar-refractivity contribution in [2.45, 2.75) is 23.8 Å². The second-order valence-corrected chi connectivity index (χ2v) is 7.67. The first-order valence-corrected chi connectivity index (χ1v) is 9.34. The zero-order chi connectivity index (χ0) is 18.7. The lowest BCUT2D eigenvalue weighted by Crippen LogP contribution is -2.44. The van der Waals surface area contributed by atoms with Gasteiger partial charge in [-0.15, -0.1) is 10.2 Å². The van der Waals surface area contributed by atoms with Crippen molar-refractivity contribution in [1.29, 1.82) is 0 Å². The molecule has 1 aromatic carbocycles. The highest BCUT2D eigenvalue weighted by molar-refractivity contribution is 7.89. The molecule has 1 fully saturated rings. The molecule has 1 aliphatic heterocycles. The Morgan fingerprint density at radius 1 is 1.12 bits per heavy atom. The topological polar surface area (TPSA) is 81.6 Å². The second-order valence-electron chi connectivity index (χ2n) is 5.73. The fourth-order valence-corrected chi connectivity index (χ4v) is 4.18. The maximum absolute atomic E-state index is 13.4. The van der Waals surface area contributed by atoms with Gasteiger partial charge in [-0.1, -0.05) is 0 Å². The summed E-state index contributed by atoms with van der Waals surface area (Å²) in [6.45, 7) is 0.352. The van der Waals surface area contributed by atoms with E-state index in [4.69, 9.17) is 9.47 Å². The zero-order valence-electron chi connectivity index (χ0n) is 13.9. The maximum Gasteiger partial charge on any atom is 0.243 e. The van der Waals surface area contributed by atoms with Crippen LogP contribution in [0.3, 0.4) is 0 Å². The summed E-state index contributed by atoms with van der Waals surface area (Å²) in [7, 11) is -2.48. The minimum Gasteiger partial charge on any atom is -0.480 e. The molecule has 1 atom stereocenters. The summed E-state index contributed by atoms with van der Waals surface area (Å²) >= 11 is 0. The quantitative estimate of drug-likeness (QED) is 0.783. The molecule has 2 aromatic rings. The van der Waals surface area contributed by atoms with E-state index in [-0.39, 0.29) is 23.9 Å². The fourth-order valence-electron chi connectivity index (χ4n) is 2.66. The van der Waals surface area contributed by atoms with E-state index in [0.29, 0.717) is 24.8 Å². The molecule has 0 N–H and O–H groups in total. The average molecular weight is 385 g/mol. The van der Waals surface area contributed by atoms with E-state index < -0.39 is 27.8 Å². The number of halogens is 2. The molecule has 3 rings (SSSR count). The van der Waals surface area contributed by atoms with Crippen molar-refractivity contribution in [1.82, 2.24) is 14.5 Å². The van der Waals surface area contributed by atoms with Crippen LogP contribution >= 0.6 is 0 Å². The van der Waals surface area contributed by atoms with Gasteiger partial charge in [0.1, 0.15) is 6.10 Å². The number of sulfonamides is 1. The predicted molar refractivity (Wildman–Crippen MR) is 87.4 cm³/mol. The van der Waals surface area contributed by atoms with Crippen molar-refractivity contribution >= 4 is 10.0 Å². The first-order chi connectivity index (χ1) is 12.4. The summed E-state index contributed by atoms with van der Waals surface area (Å²) in [5, 5.41) is 7.64. The van der Waals surface area contributed by atoms with Gasteiger partial charge in [0.2, 0.25) is 21.8 Å². The Bertz CT molecular complexity index is 878. The number of nitrogens with zero attached hydrogens (tertiary/aromatic N) is 3. The number of methoxy groups -OCH3 is 1. The molecule has 0 spiro atoms. The van der Waals surface area contributed by atoms with E-state index in [9.17, 15) is 17.2 Å². The zero-order valence-corrected chi connectivity index (χ0v) is 14.7. The van der Waals surface area contributed by atoms with E-state index in [1.54, 1.807) is 12.1 Å². The predicted octanol–water partition coefficient (Wildman–Crippen LogP) is 2.00. The number of rotatable bonds is 5. The monoisotopic (exact) mass is 385 g/mol. The average Bonchev–Trinajstić information content (AvgIpc) is 2.65. The number of aromatic nitrogens is 2. The van der Waals surface area contributed by atoms with Gasteiger partial charge >= 0.3 is 0 Å². The third-order valence-electron chi connectivity index (χ3n) is 3.98. The van der Waals surface area contributed by atoms with Crippen molar-refractivity contribution in [3.8, 4) is 11.8 Å². The number of ether oxygens (including phenoxy) is 2.